The van der Waals surface area contributed by atoms with Gasteiger partial charge in [0.05, 0.1) is 13.0 Å². The van der Waals surface area contributed by atoms with Gasteiger partial charge in [-0.15, -0.1) is 0 Å². The Morgan fingerprint density at radius 2 is 2.08 bits per heavy atom. The summed E-state index contributed by atoms with van der Waals surface area (Å²) in [6, 6.07) is 4.82. The van der Waals surface area contributed by atoms with Gasteiger partial charge in [0.2, 0.25) is 5.88 Å². The number of aromatic nitrogens is 1. The van der Waals surface area contributed by atoms with Crippen LogP contribution in [-0.2, 0) is 0 Å². The molecule has 0 N–H and O–H groups in total. The van der Waals surface area contributed by atoms with Gasteiger partial charge in [-0.1, -0.05) is 6.07 Å². The maximum atomic E-state index is 11.7. The highest BCUT2D eigenvalue weighted by Crippen LogP contribution is 2.19. The van der Waals surface area contributed by atoms with Crippen LogP contribution in [0.15, 0.2) is 24.4 Å². The molecule has 0 fully saturated rings. The predicted octanol–water partition coefficient (Wildman–Crippen LogP) is 2.41. The van der Waals surface area contributed by atoms with Crippen molar-refractivity contribution in [3.05, 3.63) is 24.4 Å². The molecule has 0 spiro atoms. The Kier molecular flexibility index (Phi) is 3.11. The van der Waals surface area contributed by atoms with Crippen LogP contribution in [0.25, 0.3) is 0 Å². The number of ether oxygens (including phenoxy) is 1. The summed E-state index contributed by atoms with van der Waals surface area (Å²) in [5, 5.41) is 0. The first-order chi connectivity index (χ1) is 6.08. The molecule has 0 amide bonds. The van der Waals surface area contributed by atoms with Gasteiger partial charge >= 0.3 is 6.18 Å². The third-order valence-electron chi connectivity index (χ3n) is 1.27. The number of hydrogen-bond donors (Lipinski definition) is 0. The van der Waals surface area contributed by atoms with Crippen LogP contribution >= 0.6 is 0 Å². The lowest BCUT2D eigenvalue weighted by Gasteiger charge is -2.06. The summed E-state index contributed by atoms with van der Waals surface area (Å²) in [6.07, 6.45) is -3.67. The second kappa shape index (κ2) is 4.11. The molecular formula is C8H8F3NO. The van der Waals surface area contributed by atoms with Crippen molar-refractivity contribution < 1.29 is 17.9 Å². The minimum absolute atomic E-state index is 0.215. The highest BCUT2D eigenvalue weighted by molar-refractivity contribution is 5.08. The lowest BCUT2D eigenvalue weighted by atomic mass is 10.4. The first-order valence-corrected chi connectivity index (χ1v) is 3.68. The second-order valence-electron chi connectivity index (χ2n) is 2.38. The third kappa shape index (κ3) is 4.35. The Morgan fingerprint density at radius 1 is 1.31 bits per heavy atom. The Balaban J connectivity index is 2.29. The molecule has 72 valence electrons. The summed E-state index contributed by atoms with van der Waals surface area (Å²) in [6.45, 7) is -0.388. The highest BCUT2D eigenvalue weighted by atomic mass is 19.4. The molecule has 13 heavy (non-hydrogen) atoms. The molecule has 0 radical (unpaired) electrons. The maximum Gasteiger partial charge on any atom is 0.392 e. The third-order valence-corrected chi connectivity index (χ3v) is 1.27. The van der Waals surface area contributed by atoms with E-state index in [1.54, 1.807) is 12.1 Å². The van der Waals surface area contributed by atoms with Gasteiger partial charge in [-0.2, -0.15) is 13.2 Å². The molecule has 1 rings (SSSR count). The summed E-state index contributed by atoms with van der Waals surface area (Å²) < 4.78 is 39.7. The van der Waals surface area contributed by atoms with E-state index in [-0.39, 0.29) is 12.5 Å². The molecule has 0 aliphatic carbocycles. The predicted molar refractivity (Wildman–Crippen MR) is 40.4 cm³/mol. The molecule has 1 heterocycles. The smallest absolute Gasteiger partial charge is 0.392 e. The van der Waals surface area contributed by atoms with E-state index in [1.165, 1.54) is 12.3 Å². The number of rotatable bonds is 3. The van der Waals surface area contributed by atoms with Crippen LogP contribution < -0.4 is 4.74 Å². The fraction of sp³-hybridized carbons (Fsp3) is 0.375. The molecule has 0 saturated heterocycles. The van der Waals surface area contributed by atoms with Crippen LogP contribution in [0, 0.1) is 0 Å². The van der Waals surface area contributed by atoms with Crippen molar-refractivity contribution in [2.75, 3.05) is 6.61 Å². The summed E-state index contributed by atoms with van der Waals surface area (Å²) in [7, 11) is 0. The molecular weight excluding hydrogens is 183 g/mol. The molecule has 0 bridgehead atoms. The molecule has 1 aromatic heterocycles. The molecule has 0 atom stereocenters. The molecule has 0 unspecified atom stereocenters. The van der Waals surface area contributed by atoms with Crippen molar-refractivity contribution in [2.45, 2.75) is 12.6 Å². The summed E-state index contributed by atoms with van der Waals surface area (Å²) >= 11 is 0. The van der Waals surface area contributed by atoms with E-state index in [0.717, 1.165) is 0 Å². The normalized spacial score (nSPS) is 11.3. The Bertz CT molecular complexity index is 247. The quantitative estimate of drug-likeness (QED) is 0.731. The van der Waals surface area contributed by atoms with Gasteiger partial charge in [0.15, 0.2) is 0 Å². The largest absolute Gasteiger partial charge is 0.477 e. The van der Waals surface area contributed by atoms with Gasteiger partial charge in [0, 0.05) is 12.3 Å². The van der Waals surface area contributed by atoms with Gasteiger partial charge in [0.25, 0.3) is 0 Å². The summed E-state index contributed by atoms with van der Waals surface area (Å²) in [5.41, 5.74) is 0. The molecule has 5 heteroatoms. The maximum absolute atomic E-state index is 11.7. The van der Waals surface area contributed by atoms with Crippen LogP contribution in [0.2, 0.25) is 0 Å². The number of halogens is 3. The lowest BCUT2D eigenvalue weighted by molar-refractivity contribution is -0.139. The highest BCUT2D eigenvalue weighted by Gasteiger charge is 2.26. The van der Waals surface area contributed by atoms with E-state index in [4.69, 9.17) is 4.74 Å². The SMILES string of the molecule is FC(F)(F)CCOc1ccccn1. The van der Waals surface area contributed by atoms with Crippen molar-refractivity contribution in [1.29, 1.82) is 0 Å². The van der Waals surface area contributed by atoms with Crippen LogP contribution in [0.1, 0.15) is 6.42 Å². The Labute approximate surface area is 73.4 Å². The lowest BCUT2D eigenvalue weighted by Crippen LogP contribution is -2.13. The van der Waals surface area contributed by atoms with E-state index in [1.807, 2.05) is 0 Å². The van der Waals surface area contributed by atoms with Crippen molar-refractivity contribution >= 4 is 0 Å². The minimum atomic E-state index is -4.17. The molecule has 0 aromatic carbocycles. The first kappa shape index (κ1) is 9.83. The fourth-order valence-corrected chi connectivity index (χ4v) is 0.704. The van der Waals surface area contributed by atoms with Gasteiger partial charge in [-0.3, -0.25) is 0 Å². The minimum Gasteiger partial charge on any atom is -0.477 e. The molecule has 2 nitrogen and oxygen atoms in total. The standard InChI is InChI=1S/C8H8F3NO/c9-8(10,11)4-6-13-7-3-1-2-5-12-7/h1-3,5H,4,6H2. The summed E-state index contributed by atoms with van der Waals surface area (Å²) in [5.74, 6) is 0.215. The van der Waals surface area contributed by atoms with Crippen LogP contribution in [-0.4, -0.2) is 17.8 Å². The molecule has 0 aliphatic rings. The van der Waals surface area contributed by atoms with E-state index in [2.05, 4.69) is 4.98 Å². The summed E-state index contributed by atoms with van der Waals surface area (Å²) in [4.78, 5) is 3.71. The molecule has 0 saturated carbocycles. The van der Waals surface area contributed by atoms with E-state index in [9.17, 15) is 13.2 Å². The van der Waals surface area contributed by atoms with Gasteiger partial charge in [-0.25, -0.2) is 4.98 Å². The number of pyridine rings is 1. The van der Waals surface area contributed by atoms with Crippen LogP contribution in [0.3, 0.4) is 0 Å². The zero-order valence-electron chi connectivity index (χ0n) is 6.71. The van der Waals surface area contributed by atoms with Crippen LogP contribution in [0.5, 0.6) is 5.88 Å². The monoisotopic (exact) mass is 191 g/mol. The topological polar surface area (TPSA) is 22.1 Å². The fourth-order valence-electron chi connectivity index (χ4n) is 0.704. The van der Waals surface area contributed by atoms with E-state index in [0.29, 0.717) is 0 Å². The Morgan fingerprint density at radius 3 is 2.62 bits per heavy atom. The van der Waals surface area contributed by atoms with E-state index >= 15 is 0 Å². The van der Waals surface area contributed by atoms with Crippen molar-refractivity contribution in [3.63, 3.8) is 0 Å². The number of alkyl halides is 3. The van der Waals surface area contributed by atoms with Crippen LogP contribution in [0.4, 0.5) is 13.2 Å². The van der Waals surface area contributed by atoms with Gasteiger partial charge in [0.1, 0.15) is 0 Å². The number of nitrogens with zero attached hydrogens (tertiary/aromatic N) is 1. The van der Waals surface area contributed by atoms with Crippen molar-refractivity contribution in [2.24, 2.45) is 0 Å². The average molecular weight is 191 g/mol. The zero-order chi connectivity index (χ0) is 9.73. The number of hydrogen-bond acceptors (Lipinski definition) is 2. The molecule has 0 aliphatic heterocycles. The van der Waals surface area contributed by atoms with Crippen molar-refractivity contribution in [1.82, 2.24) is 4.98 Å². The van der Waals surface area contributed by atoms with Crippen molar-refractivity contribution in [3.8, 4) is 5.88 Å². The second-order valence-corrected chi connectivity index (χ2v) is 2.38. The Hall–Kier alpha value is -1.26. The van der Waals surface area contributed by atoms with Gasteiger partial charge in [-0.05, 0) is 6.07 Å². The van der Waals surface area contributed by atoms with E-state index < -0.39 is 12.6 Å². The average Bonchev–Trinajstić information content (AvgIpc) is 2.04. The first-order valence-electron chi connectivity index (χ1n) is 3.68. The van der Waals surface area contributed by atoms with Gasteiger partial charge < -0.3 is 4.74 Å². The zero-order valence-corrected chi connectivity index (χ0v) is 6.71. The molecule has 1 aromatic rings.